The highest BCUT2D eigenvalue weighted by Crippen LogP contribution is 2.20. The fraction of sp³-hybridized carbons (Fsp3) is 0.0667. The summed E-state index contributed by atoms with van der Waals surface area (Å²) in [7, 11) is 0. The Morgan fingerprint density at radius 3 is 2.17 bits per heavy atom. The highest BCUT2D eigenvalue weighted by molar-refractivity contribution is 6.00. The van der Waals surface area contributed by atoms with Gasteiger partial charge in [0.15, 0.2) is 17.5 Å². The van der Waals surface area contributed by atoms with Crippen molar-refractivity contribution in [1.29, 1.82) is 0 Å². The van der Waals surface area contributed by atoms with Gasteiger partial charge in [-0.15, -0.1) is 0 Å². The topological polar surface area (TPSA) is 70.2 Å². The molecule has 0 aliphatic heterocycles. The van der Waals surface area contributed by atoms with Crippen LogP contribution in [0.1, 0.15) is 6.92 Å². The van der Waals surface area contributed by atoms with Gasteiger partial charge in [-0.05, 0) is 30.3 Å². The largest absolute Gasteiger partial charge is 0.326 e. The van der Waals surface area contributed by atoms with E-state index in [4.69, 9.17) is 0 Å². The van der Waals surface area contributed by atoms with E-state index in [1.165, 1.54) is 19.1 Å². The lowest BCUT2D eigenvalue weighted by molar-refractivity contribution is -0.114. The van der Waals surface area contributed by atoms with Crippen LogP contribution < -0.4 is 16.0 Å². The van der Waals surface area contributed by atoms with Crippen LogP contribution in [0.15, 0.2) is 36.4 Å². The van der Waals surface area contributed by atoms with Crippen LogP contribution in [0.2, 0.25) is 0 Å². The van der Waals surface area contributed by atoms with Crippen LogP contribution in [0.4, 0.5) is 35.0 Å². The van der Waals surface area contributed by atoms with Crippen LogP contribution in [-0.2, 0) is 4.79 Å². The van der Waals surface area contributed by atoms with E-state index in [2.05, 4.69) is 16.0 Å². The summed E-state index contributed by atoms with van der Waals surface area (Å²) in [4.78, 5) is 22.7. The van der Waals surface area contributed by atoms with Crippen molar-refractivity contribution < 1.29 is 22.8 Å². The summed E-state index contributed by atoms with van der Waals surface area (Å²) < 4.78 is 39.4. The predicted octanol–water partition coefficient (Wildman–Crippen LogP) is 3.71. The summed E-state index contributed by atoms with van der Waals surface area (Å²) in [5.74, 6) is -4.80. The Labute approximate surface area is 129 Å². The van der Waals surface area contributed by atoms with E-state index in [-0.39, 0.29) is 5.91 Å². The van der Waals surface area contributed by atoms with Gasteiger partial charge in [-0.2, -0.15) is 0 Å². The summed E-state index contributed by atoms with van der Waals surface area (Å²) in [6.07, 6.45) is 0. The molecule has 0 saturated heterocycles. The van der Waals surface area contributed by atoms with Crippen molar-refractivity contribution >= 4 is 29.0 Å². The number of amides is 3. The molecule has 120 valence electrons. The minimum Gasteiger partial charge on any atom is -0.326 e. The van der Waals surface area contributed by atoms with Gasteiger partial charge in [0.2, 0.25) is 5.91 Å². The van der Waals surface area contributed by atoms with Crippen LogP contribution in [0.5, 0.6) is 0 Å². The van der Waals surface area contributed by atoms with Crippen molar-refractivity contribution in [3.05, 3.63) is 53.8 Å². The monoisotopic (exact) mass is 323 g/mol. The molecule has 2 rings (SSSR count). The first-order chi connectivity index (χ1) is 10.9. The van der Waals surface area contributed by atoms with Crippen LogP contribution in [-0.4, -0.2) is 11.9 Å². The fourth-order valence-corrected chi connectivity index (χ4v) is 1.79. The number of urea groups is 1. The van der Waals surface area contributed by atoms with Gasteiger partial charge in [0.25, 0.3) is 0 Å². The van der Waals surface area contributed by atoms with E-state index in [9.17, 15) is 22.8 Å². The summed E-state index contributed by atoms with van der Waals surface area (Å²) in [6.45, 7) is 1.33. The van der Waals surface area contributed by atoms with Crippen LogP contribution in [0, 0.1) is 17.5 Å². The summed E-state index contributed by atoms with van der Waals surface area (Å²) in [5.41, 5.74) is 0.269. The van der Waals surface area contributed by atoms with Crippen LogP contribution in [0.25, 0.3) is 0 Å². The lowest BCUT2D eigenvalue weighted by atomic mass is 10.2. The number of rotatable bonds is 3. The molecule has 3 amide bonds. The first-order valence-electron chi connectivity index (χ1n) is 6.46. The van der Waals surface area contributed by atoms with E-state index in [0.717, 1.165) is 6.07 Å². The molecule has 0 saturated carbocycles. The molecule has 2 aromatic carbocycles. The molecule has 0 heterocycles. The molecule has 2 aromatic rings. The Balaban J connectivity index is 2.08. The molecule has 0 bridgehead atoms. The van der Waals surface area contributed by atoms with Gasteiger partial charge >= 0.3 is 6.03 Å². The molecule has 0 atom stereocenters. The minimum atomic E-state index is -1.67. The Morgan fingerprint density at radius 2 is 1.52 bits per heavy atom. The Kier molecular flexibility index (Phi) is 4.85. The number of nitrogens with one attached hydrogen (secondary N) is 3. The van der Waals surface area contributed by atoms with Gasteiger partial charge in [-0.3, -0.25) is 4.79 Å². The van der Waals surface area contributed by atoms with E-state index < -0.39 is 29.2 Å². The first kappa shape index (κ1) is 16.3. The maximum absolute atomic E-state index is 13.5. The van der Waals surface area contributed by atoms with Gasteiger partial charge < -0.3 is 16.0 Å². The Morgan fingerprint density at radius 1 is 0.870 bits per heavy atom. The van der Waals surface area contributed by atoms with Crippen molar-refractivity contribution in [2.24, 2.45) is 0 Å². The second kappa shape index (κ2) is 6.82. The predicted molar refractivity (Wildman–Crippen MR) is 79.7 cm³/mol. The molecule has 0 aliphatic carbocycles. The maximum atomic E-state index is 13.5. The molecule has 5 nitrogen and oxygen atoms in total. The number of carbonyl (C=O) groups excluding carboxylic acids is 2. The molecular formula is C15H12F3N3O2. The first-order valence-corrected chi connectivity index (χ1v) is 6.46. The number of hydrogen-bond acceptors (Lipinski definition) is 2. The summed E-state index contributed by atoms with van der Waals surface area (Å²) in [5, 5.41) is 6.98. The second-order valence-electron chi connectivity index (χ2n) is 4.56. The molecule has 0 radical (unpaired) electrons. The molecule has 0 unspecified atom stereocenters. The number of hydrogen-bond donors (Lipinski definition) is 3. The smallest absolute Gasteiger partial charge is 0.323 e. The van der Waals surface area contributed by atoms with E-state index >= 15 is 0 Å². The van der Waals surface area contributed by atoms with Gasteiger partial charge in [-0.1, -0.05) is 6.07 Å². The molecule has 23 heavy (non-hydrogen) atoms. The molecule has 0 fully saturated rings. The van der Waals surface area contributed by atoms with Gasteiger partial charge in [0.1, 0.15) is 0 Å². The third-order valence-corrected chi connectivity index (χ3v) is 2.72. The SMILES string of the molecule is CC(=O)Nc1cccc(NC(=O)Nc2ccc(F)c(F)c2F)c1. The maximum Gasteiger partial charge on any atom is 0.323 e. The van der Waals surface area contributed by atoms with Crippen LogP contribution in [0.3, 0.4) is 0 Å². The zero-order chi connectivity index (χ0) is 17.0. The number of halogens is 3. The number of anilines is 3. The zero-order valence-electron chi connectivity index (χ0n) is 11.9. The fourth-order valence-electron chi connectivity index (χ4n) is 1.79. The lowest BCUT2D eigenvalue weighted by Gasteiger charge is -2.10. The van der Waals surface area contributed by atoms with Gasteiger partial charge in [0.05, 0.1) is 5.69 Å². The lowest BCUT2D eigenvalue weighted by Crippen LogP contribution is -2.20. The van der Waals surface area contributed by atoms with E-state index in [1.54, 1.807) is 12.1 Å². The van der Waals surface area contributed by atoms with E-state index in [1.807, 2.05) is 0 Å². The molecule has 0 spiro atoms. The normalized spacial score (nSPS) is 10.1. The highest BCUT2D eigenvalue weighted by atomic mass is 19.2. The number of carbonyl (C=O) groups is 2. The van der Waals surface area contributed by atoms with E-state index in [0.29, 0.717) is 17.4 Å². The third-order valence-electron chi connectivity index (χ3n) is 2.72. The van der Waals surface area contributed by atoms with Gasteiger partial charge in [-0.25, -0.2) is 18.0 Å². The molecule has 0 aliphatic rings. The van der Waals surface area contributed by atoms with Crippen molar-refractivity contribution in [1.82, 2.24) is 0 Å². The average molecular weight is 323 g/mol. The van der Waals surface area contributed by atoms with Crippen molar-refractivity contribution in [2.45, 2.75) is 6.92 Å². The average Bonchev–Trinajstić information content (AvgIpc) is 2.47. The standard InChI is InChI=1S/C15H12F3N3O2/c1-8(22)19-9-3-2-4-10(7-9)20-15(23)21-12-6-5-11(16)13(17)14(12)18/h2-7H,1H3,(H,19,22)(H2,20,21,23). The third kappa shape index (κ3) is 4.22. The quantitative estimate of drug-likeness (QED) is 0.754. The molecular weight excluding hydrogens is 311 g/mol. The van der Waals surface area contributed by atoms with Gasteiger partial charge in [0, 0.05) is 18.3 Å². The molecule has 3 N–H and O–H groups in total. The molecule has 8 heteroatoms. The van der Waals surface area contributed by atoms with Crippen molar-refractivity contribution in [2.75, 3.05) is 16.0 Å². The van der Waals surface area contributed by atoms with Crippen molar-refractivity contribution in [3.63, 3.8) is 0 Å². The Bertz CT molecular complexity index is 766. The van der Waals surface area contributed by atoms with Crippen molar-refractivity contribution in [3.8, 4) is 0 Å². The minimum absolute atomic E-state index is 0.282. The zero-order valence-corrected chi connectivity index (χ0v) is 11.9. The Hall–Kier alpha value is -3.03. The second-order valence-corrected chi connectivity index (χ2v) is 4.56. The van der Waals surface area contributed by atoms with Crippen LogP contribution >= 0.6 is 0 Å². The summed E-state index contributed by atoms with van der Waals surface area (Å²) in [6, 6.07) is 6.95. The number of benzene rings is 2. The molecule has 0 aromatic heterocycles. The highest BCUT2D eigenvalue weighted by Gasteiger charge is 2.15. The summed E-state index contributed by atoms with van der Waals surface area (Å²) >= 11 is 0.